The number of amides is 1. The summed E-state index contributed by atoms with van der Waals surface area (Å²) in [5, 5.41) is 9.06. The fraction of sp³-hybridized carbons (Fsp3) is 0.312. The summed E-state index contributed by atoms with van der Waals surface area (Å²) in [5.41, 5.74) is 0. The molecule has 0 fully saturated rings. The number of aliphatic hydroxyl groups excluding tert-OH is 1. The zero-order valence-electron chi connectivity index (χ0n) is 12.5. The highest BCUT2D eigenvalue weighted by molar-refractivity contribution is 5.91. The molecule has 0 radical (unpaired) electrons. The second-order valence-corrected chi connectivity index (χ2v) is 4.96. The molecule has 5 nitrogen and oxygen atoms in total. The molecular formula is C16H18FNO4. The van der Waals surface area contributed by atoms with Crippen LogP contribution in [-0.4, -0.2) is 35.6 Å². The van der Waals surface area contributed by atoms with Crippen LogP contribution in [0.4, 0.5) is 4.39 Å². The molecule has 0 saturated carbocycles. The van der Waals surface area contributed by atoms with Crippen LogP contribution in [0.15, 0.2) is 40.8 Å². The van der Waals surface area contributed by atoms with E-state index in [1.165, 1.54) is 29.2 Å². The highest BCUT2D eigenvalue weighted by atomic mass is 19.1. The number of aliphatic hydroxyl groups is 1. The van der Waals surface area contributed by atoms with Crippen LogP contribution in [0, 0.1) is 5.82 Å². The van der Waals surface area contributed by atoms with Crippen molar-refractivity contribution in [1.82, 2.24) is 4.90 Å². The first-order valence-electron chi connectivity index (χ1n) is 6.86. The van der Waals surface area contributed by atoms with E-state index in [-0.39, 0.29) is 36.7 Å². The maximum Gasteiger partial charge on any atom is 0.289 e. The van der Waals surface area contributed by atoms with E-state index in [1.807, 2.05) is 0 Å². The molecule has 0 aliphatic heterocycles. The Morgan fingerprint density at radius 2 is 2.00 bits per heavy atom. The van der Waals surface area contributed by atoms with E-state index in [0.29, 0.717) is 11.5 Å². The molecule has 6 heteroatoms. The average molecular weight is 307 g/mol. The quantitative estimate of drug-likeness (QED) is 0.890. The average Bonchev–Trinajstić information content (AvgIpc) is 3.01. The molecule has 1 atom stereocenters. The lowest BCUT2D eigenvalue weighted by Crippen LogP contribution is -2.37. The van der Waals surface area contributed by atoms with Crippen LogP contribution in [0.1, 0.15) is 23.2 Å². The van der Waals surface area contributed by atoms with Gasteiger partial charge in [-0.05, 0) is 43.3 Å². The Bertz CT molecular complexity index is 623. The predicted octanol–water partition coefficient (Wildman–Crippen LogP) is 2.45. The Morgan fingerprint density at radius 1 is 1.32 bits per heavy atom. The molecule has 1 heterocycles. The van der Waals surface area contributed by atoms with Crippen LogP contribution in [0.25, 0.3) is 0 Å². The van der Waals surface area contributed by atoms with E-state index >= 15 is 0 Å². The summed E-state index contributed by atoms with van der Waals surface area (Å²) in [7, 11) is 1.60. The number of hydrogen-bond acceptors (Lipinski definition) is 4. The Morgan fingerprint density at radius 3 is 2.64 bits per heavy atom. The van der Waals surface area contributed by atoms with Gasteiger partial charge in [0.2, 0.25) is 0 Å². The molecule has 1 aromatic carbocycles. The first-order chi connectivity index (χ1) is 10.5. The summed E-state index contributed by atoms with van der Waals surface area (Å²) in [5.74, 6) is 0.531. The van der Waals surface area contributed by atoms with Crippen LogP contribution in [0.5, 0.6) is 5.75 Å². The van der Waals surface area contributed by atoms with Gasteiger partial charge in [0.25, 0.3) is 5.91 Å². The van der Waals surface area contributed by atoms with Gasteiger partial charge in [0.05, 0.1) is 12.6 Å². The third kappa shape index (κ3) is 3.85. The molecule has 0 aliphatic carbocycles. The molecule has 2 rings (SSSR count). The van der Waals surface area contributed by atoms with Crippen LogP contribution in [0.2, 0.25) is 0 Å². The van der Waals surface area contributed by atoms with Crippen molar-refractivity contribution in [3.8, 4) is 5.75 Å². The normalized spacial score (nSPS) is 12.0. The topological polar surface area (TPSA) is 62.9 Å². The van der Waals surface area contributed by atoms with Gasteiger partial charge in [-0.1, -0.05) is 0 Å². The molecule has 1 amide bonds. The predicted molar refractivity (Wildman–Crippen MR) is 78.1 cm³/mol. The second-order valence-electron chi connectivity index (χ2n) is 4.96. The lowest BCUT2D eigenvalue weighted by atomic mass is 10.3. The van der Waals surface area contributed by atoms with E-state index < -0.39 is 0 Å². The van der Waals surface area contributed by atoms with E-state index in [4.69, 9.17) is 14.3 Å². The fourth-order valence-electron chi connectivity index (χ4n) is 1.75. The number of carbonyl (C=O) groups excluding carboxylic acids is 1. The number of furan rings is 1. The van der Waals surface area contributed by atoms with Crippen molar-refractivity contribution >= 4 is 5.91 Å². The monoisotopic (exact) mass is 307 g/mol. The second kappa shape index (κ2) is 7.09. The van der Waals surface area contributed by atoms with Crippen molar-refractivity contribution < 1.29 is 23.4 Å². The van der Waals surface area contributed by atoms with Crippen LogP contribution in [-0.2, 0) is 6.61 Å². The van der Waals surface area contributed by atoms with Gasteiger partial charge >= 0.3 is 0 Å². The van der Waals surface area contributed by atoms with Crippen molar-refractivity contribution in [3.63, 3.8) is 0 Å². The van der Waals surface area contributed by atoms with Crippen LogP contribution < -0.4 is 4.74 Å². The molecule has 1 unspecified atom stereocenters. The van der Waals surface area contributed by atoms with Crippen molar-refractivity contribution in [1.29, 1.82) is 0 Å². The number of carbonyl (C=O) groups is 1. The Hall–Kier alpha value is -2.34. The number of rotatable bonds is 6. The minimum atomic E-state index is -0.334. The molecule has 1 N–H and O–H groups in total. The molecule has 2 aromatic rings. The SMILES string of the molecule is CC(CO)N(C)C(=O)c1ccc(COc2ccc(F)cc2)o1. The number of halogens is 1. The fourth-order valence-corrected chi connectivity index (χ4v) is 1.75. The maximum atomic E-state index is 12.8. The lowest BCUT2D eigenvalue weighted by Gasteiger charge is -2.21. The maximum absolute atomic E-state index is 12.8. The number of hydrogen-bond donors (Lipinski definition) is 1. The summed E-state index contributed by atoms with van der Waals surface area (Å²) in [6.45, 7) is 1.75. The zero-order chi connectivity index (χ0) is 16.1. The molecule has 22 heavy (non-hydrogen) atoms. The highest BCUT2D eigenvalue weighted by Crippen LogP contribution is 2.16. The first kappa shape index (κ1) is 16.0. The molecule has 0 aliphatic rings. The van der Waals surface area contributed by atoms with Gasteiger partial charge in [0.1, 0.15) is 23.9 Å². The van der Waals surface area contributed by atoms with Crippen LogP contribution in [0.3, 0.4) is 0 Å². The van der Waals surface area contributed by atoms with Crippen molar-refractivity contribution in [3.05, 3.63) is 53.7 Å². The van der Waals surface area contributed by atoms with Gasteiger partial charge in [-0.15, -0.1) is 0 Å². The van der Waals surface area contributed by atoms with E-state index in [1.54, 1.807) is 26.1 Å². The Labute approximate surface area is 127 Å². The summed E-state index contributed by atoms with van der Waals surface area (Å²) in [6.07, 6.45) is 0. The molecular weight excluding hydrogens is 289 g/mol. The van der Waals surface area contributed by atoms with Gasteiger partial charge in [0.15, 0.2) is 5.76 Å². The number of likely N-dealkylation sites (N-methyl/N-ethyl adjacent to an activating group) is 1. The summed E-state index contributed by atoms with van der Waals surface area (Å²) < 4.78 is 23.7. The van der Waals surface area contributed by atoms with Gasteiger partial charge in [0, 0.05) is 7.05 Å². The standard InChI is InChI=1S/C16H18FNO4/c1-11(9-19)18(2)16(20)15-8-7-14(22-15)10-21-13-5-3-12(17)4-6-13/h3-8,11,19H,9-10H2,1-2H3. The molecule has 0 spiro atoms. The molecule has 0 saturated heterocycles. The van der Waals surface area contributed by atoms with Gasteiger partial charge in [-0.25, -0.2) is 4.39 Å². The van der Waals surface area contributed by atoms with Gasteiger partial charge < -0.3 is 19.2 Å². The molecule has 0 bridgehead atoms. The summed E-state index contributed by atoms with van der Waals surface area (Å²) in [6, 6.07) is 8.55. The van der Waals surface area contributed by atoms with Crippen LogP contribution >= 0.6 is 0 Å². The minimum absolute atomic E-state index is 0.122. The van der Waals surface area contributed by atoms with E-state index in [2.05, 4.69) is 0 Å². The third-order valence-corrected chi connectivity index (χ3v) is 3.31. The number of ether oxygens (including phenoxy) is 1. The first-order valence-corrected chi connectivity index (χ1v) is 6.86. The molecule has 118 valence electrons. The number of benzene rings is 1. The zero-order valence-corrected chi connectivity index (χ0v) is 12.5. The number of nitrogens with zero attached hydrogens (tertiary/aromatic N) is 1. The summed E-state index contributed by atoms with van der Waals surface area (Å²) >= 11 is 0. The van der Waals surface area contributed by atoms with E-state index in [9.17, 15) is 9.18 Å². The Balaban J connectivity index is 1.96. The summed E-state index contributed by atoms with van der Waals surface area (Å²) in [4.78, 5) is 13.5. The Kier molecular flexibility index (Phi) is 5.16. The van der Waals surface area contributed by atoms with E-state index in [0.717, 1.165) is 0 Å². The van der Waals surface area contributed by atoms with Crippen molar-refractivity contribution in [2.45, 2.75) is 19.6 Å². The highest BCUT2D eigenvalue weighted by Gasteiger charge is 2.20. The third-order valence-electron chi connectivity index (χ3n) is 3.31. The van der Waals surface area contributed by atoms with Crippen molar-refractivity contribution in [2.24, 2.45) is 0 Å². The van der Waals surface area contributed by atoms with Gasteiger partial charge in [-0.3, -0.25) is 4.79 Å². The largest absolute Gasteiger partial charge is 0.486 e. The van der Waals surface area contributed by atoms with Gasteiger partial charge in [-0.2, -0.15) is 0 Å². The van der Waals surface area contributed by atoms with Crippen molar-refractivity contribution in [2.75, 3.05) is 13.7 Å². The minimum Gasteiger partial charge on any atom is -0.486 e. The molecule has 1 aromatic heterocycles. The smallest absolute Gasteiger partial charge is 0.289 e. The lowest BCUT2D eigenvalue weighted by molar-refractivity contribution is 0.0647.